The molecule has 4 heterocycles. The maximum absolute atomic E-state index is 11.3. The van der Waals surface area contributed by atoms with Crippen molar-refractivity contribution in [2.24, 2.45) is 0 Å². The molecule has 4 rings (SSSR count). The summed E-state index contributed by atoms with van der Waals surface area (Å²) in [5.74, 6) is -2.05. The molecular formula is C13H14N5O5-. The van der Waals surface area contributed by atoms with E-state index in [2.05, 4.69) is 15.0 Å². The Balaban J connectivity index is 1.78. The number of hydrogen-bond acceptors (Lipinski definition) is 9. The fourth-order valence-corrected chi connectivity index (χ4v) is 3.05. The van der Waals surface area contributed by atoms with Crippen LogP contribution in [0, 0.1) is 0 Å². The number of nitrogens with zero attached hydrogens (tertiary/aromatic N) is 4. The van der Waals surface area contributed by atoms with Crippen molar-refractivity contribution in [2.45, 2.75) is 44.2 Å². The van der Waals surface area contributed by atoms with Crippen LogP contribution in [0.1, 0.15) is 20.1 Å². The van der Waals surface area contributed by atoms with E-state index in [4.69, 9.17) is 19.9 Å². The van der Waals surface area contributed by atoms with Gasteiger partial charge in [0.1, 0.15) is 30.2 Å². The van der Waals surface area contributed by atoms with Gasteiger partial charge in [-0.25, -0.2) is 15.0 Å². The van der Waals surface area contributed by atoms with Gasteiger partial charge in [-0.2, -0.15) is 0 Å². The molecule has 2 aliphatic rings. The molecule has 2 fully saturated rings. The van der Waals surface area contributed by atoms with E-state index in [-0.39, 0.29) is 5.82 Å². The molecule has 23 heavy (non-hydrogen) atoms. The van der Waals surface area contributed by atoms with Crippen LogP contribution in [0.15, 0.2) is 12.7 Å². The van der Waals surface area contributed by atoms with Crippen molar-refractivity contribution in [1.82, 2.24) is 19.5 Å². The van der Waals surface area contributed by atoms with E-state index in [1.165, 1.54) is 12.7 Å². The molecule has 10 nitrogen and oxygen atoms in total. The number of nitrogens with two attached hydrogens (primary N) is 1. The number of carbonyl (C=O) groups excluding carboxylic acids is 1. The van der Waals surface area contributed by atoms with Crippen molar-refractivity contribution < 1.29 is 24.1 Å². The van der Waals surface area contributed by atoms with Crippen molar-refractivity contribution in [1.29, 1.82) is 0 Å². The average Bonchev–Trinajstić information content (AvgIpc) is 3.09. The second-order valence-corrected chi connectivity index (χ2v) is 5.91. The Hall–Kier alpha value is -2.30. The van der Waals surface area contributed by atoms with Crippen LogP contribution in [-0.4, -0.2) is 49.6 Å². The predicted molar refractivity (Wildman–Crippen MR) is 72.5 cm³/mol. The summed E-state index contributed by atoms with van der Waals surface area (Å²) in [5, 5.41) is 11.3. The standard InChI is InChI=1S/C13H15N5O5/c1-13(2)22-6-7(23-13)11(21-8(6)12(19)20)18-4-17-5-9(14)15-3-16-10(5)18/h3-4,6-8,11H,1-2H3,(H,19,20)(H2,14,15,16)/p-1/t6-,7-,8-,11+/m0/s1. The van der Waals surface area contributed by atoms with E-state index in [0.717, 1.165) is 0 Å². The number of rotatable bonds is 2. The third-order valence-electron chi connectivity index (χ3n) is 3.92. The van der Waals surface area contributed by atoms with Crippen molar-refractivity contribution in [3.8, 4) is 0 Å². The van der Waals surface area contributed by atoms with Gasteiger partial charge in [-0.15, -0.1) is 0 Å². The quantitative estimate of drug-likeness (QED) is 0.706. The molecule has 0 spiro atoms. The van der Waals surface area contributed by atoms with Gasteiger partial charge < -0.3 is 29.8 Å². The molecule has 0 saturated carbocycles. The van der Waals surface area contributed by atoms with E-state index < -0.39 is 36.3 Å². The van der Waals surface area contributed by atoms with Gasteiger partial charge in [0.25, 0.3) is 0 Å². The SMILES string of the molecule is CC1(C)O[C@H]2[C@H](O1)[C@H](n1cnc3c(N)ncnc31)O[C@@H]2C(=O)[O-]. The minimum atomic E-state index is -1.36. The Labute approximate surface area is 130 Å². The smallest absolute Gasteiger partial charge is 0.167 e. The zero-order valence-electron chi connectivity index (χ0n) is 12.4. The molecule has 2 N–H and O–H groups in total. The molecule has 122 valence electrons. The van der Waals surface area contributed by atoms with Crippen LogP contribution < -0.4 is 10.8 Å². The van der Waals surface area contributed by atoms with Crippen LogP contribution in [0.25, 0.3) is 11.2 Å². The number of fused-ring (bicyclic) bond motifs is 2. The van der Waals surface area contributed by atoms with E-state index in [9.17, 15) is 9.90 Å². The van der Waals surface area contributed by atoms with Gasteiger partial charge >= 0.3 is 0 Å². The number of nitrogen functional groups attached to an aromatic ring is 1. The molecule has 2 aromatic heterocycles. The topological polar surface area (TPSA) is 137 Å². The highest BCUT2D eigenvalue weighted by atomic mass is 16.8. The van der Waals surface area contributed by atoms with Gasteiger partial charge in [-0.05, 0) is 13.8 Å². The summed E-state index contributed by atoms with van der Waals surface area (Å²) < 4.78 is 18.6. The summed E-state index contributed by atoms with van der Waals surface area (Å²) >= 11 is 0. The number of aliphatic carboxylic acids is 1. The van der Waals surface area contributed by atoms with Crippen LogP contribution in [0.5, 0.6) is 0 Å². The lowest BCUT2D eigenvalue weighted by Crippen LogP contribution is -2.43. The Morgan fingerprint density at radius 1 is 1.30 bits per heavy atom. The zero-order chi connectivity index (χ0) is 16.4. The van der Waals surface area contributed by atoms with Gasteiger partial charge in [0.05, 0.1) is 12.3 Å². The number of imidazole rings is 1. The molecule has 0 amide bonds. The van der Waals surface area contributed by atoms with E-state index in [0.29, 0.717) is 11.2 Å². The van der Waals surface area contributed by atoms with Crippen molar-refractivity contribution >= 4 is 23.0 Å². The predicted octanol–water partition coefficient (Wildman–Crippen LogP) is -1.42. The molecule has 0 aliphatic carbocycles. The second-order valence-electron chi connectivity index (χ2n) is 5.91. The highest BCUT2D eigenvalue weighted by molar-refractivity contribution is 5.81. The average molecular weight is 320 g/mol. The van der Waals surface area contributed by atoms with E-state index in [1.54, 1.807) is 18.4 Å². The van der Waals surface area contributed by atoms with Gasteiger partial charge in [-0.1, -0.05) is 0 Å². The van der Waals surface area contributed by atoms with Crippen LogP contribution in [0.2, 0.25) is 0 Å². The number of carbonyl (C=O) groups is 1. The lowest BCUT2D eigenvalue weighted by Gasteiger charge is -2.25. The Morgan fingerprint density at radius 3 is 2.78 bits per heavy atom. The molecule has 4 atom stereocenters. The largest absolute Gasteiger partial charge is 0.547 e. The maximum atomic E-state index is 11.3. The number of carboxylic acids is 1. The molecular weight excluding hydrogens is 306 g/mol. The maximum Gasteiger partial charge on any atom is 0.167 e. The molecule has 0 radical (unpaired) electrons. The van der Waals surface area contributed by atoms with Gasteiger partial charge in [0.2, 0.25) is 0 Å². The van der Waals surface area contributed by atoms with Gasteiger partial charge in [0, 0.05) is 0 Å². The van der Waals surface area contributed by atoms with Crippen LogP contribution in [0.4, 0.5) is 5.82 Å². The molecule has 2 aromatic rings. The minimum absolute atomic E-state index is 0.226. The van der Waals surface area contributed by atoms with E-state index in [1.807, 2.05) is 0 Å². The lowest BCUT2D eigenvalue weighted by molar-refractivity contribution is -0.321. The van der Waals surface area contributed by atoms with E-state index >= 15 is 0 Å². The molecule has 2 saturated heterocycles. The number of anilines is 1. The second kappa shape index (κ2) is 4.60. The van der Waals surface area contributed by atoms with Crippen molar-refractivity contribution in [2.75, 3.05) is 5.73 Å². The summed E-state index contributed by atoms with van der Waals surface area (Å²) in [6, 6.07) is 0. The summed E-state index contributed by atoms with van der Waals surface area (Å²) in [6.45, 7) is 3.42. The fourth-order valence-electron chi connectivity index (χ4n) is 3.05. The Bertz CT molecular complexity index is 790. The van der Waals surface area contributed by atoms with Gasteiger partial charge in [-0.3, -0.25) is 4.57 Å². The van der Waals surface area contributed by atoms with Crippen LogP contribution >= 0.6 is 0 Å². The monoisotopic (exact) mass is 320 g/mol. The summed E-state index contributed by atoms with van der Waals surface area (Å²) in [4.78, 5) is 23.5. The first kappa shape index (κ1) is 14.3. The summed E-state index contributed by atoms with van der Waals surface area (Å²) in [7, 11) is 0. The molecule has 0 unspecified atom stereocenters. The zero-order valence-corrected chi connectivity index (χ0v) is 12.4. The highest BCUT2D eigenvalue weighted by Crippen LogP contribution is 2.43. The first-order chi connectivity index (χ1) is 10.9. The molecule has 10 heteroatoms. The molecule has 0 aromatic carbocycles. The molecule has 0 bridgehead atoms. The van der Waals surface area contributed by atoms with Crippen molar-refractivity contribution in [3.63, 3.8) is 0 Å². The minimum Gasteiger partial charge on any atom is -0.547 e. The van der Waals surface area contributed by atoms with Crippen LogP contribution in [0.3, 0.4) is 0 Å². The fraction of sp³-hybridized carbons (Fsp3) is 0.538. The van der Waals surface area contributed by atoms with Gasteiger partial charge in [0.15, 0.2) is 23.5 Å². The normalized spacial score (nSPS) is 32.3. The first-order valence-electron chi connectivity index (χ1n) is 7.02. The highest BCUT2D eigenvalue weighted by Gasteiger charge is 2.56. The lowest BCUT2D eigenvalue weighted by atomic mass is 10.1. The number of aromatic nitrogens is 4. The Morgan fingerprint density at radius 2 is 2.04 bits per heavy atom. The summed E-state index contributed by atoms with van der Waals surface area (Å²) in [6.07, 6.45) is -0.677. The third kappa shape index (κ3) is 2.06. The Kier molecular flexibility index (Phi) is 2.86. The molecule has 2 aliphatic heterocycles. The summed E-state index contributed by atoms with van der Waals surface area (Å²) in [5.41, 5.74) is 6.60. The number of carboxylic acid groups (broad SMARTS) is 1. The number of hydrogen-bond donors (Lipinski definition) is 1. The third-order valence-corrected chi connectivity index (χ3v) is 3.92. The number of ether oxygens (including phenoxy) is 3. The van der Waals surface area contributed by atoms with Crippen LogP contribution in [-0.2, 0) is 19.0 Å². The first-order valence-corrected chi connectivity index (χ1v) is 7.02. The van der Waals surface area contributed by atoms with Crippen molar-refractivity contribution in [3.05, 3.63) is 12.7 Å².